The van der Waals surface area contributed by atoms with Crippen LogP contribution in [0.1, 0.15) is 30.5 Å². The molecule has 0 bridgehead atoms. The Morgan fingerprint density at radius 1 is 1.00 bits per heavy atom. The summed E-state index contributed by atoms with van der Waals surface area (Å²) < 4.78 is 21.6. The van der Waals surface area contributed by atoms with Crippen molar-refractivity contribution in [3.05, 3.63) is 47.5 Å². The van der Waals surface area contributed by atoms with Gasteiger partial charge in [0.05, 0.1) is 40.2 Å². The molecule has 1 heterocycles. The lowest BCUT2D eigenvalue weighted by Crippen LogP contribution is -2.24. The molecule has 7 nitrogen and oxygen atoms in total. The Morgan fingerprint density at radius 2 is 1.68 bits per heavy atom. The Balaban J connectivity index is 2.01. The molecule has 3 rings (SSSR count). The highest BCUT2D eigenvalue weighted by Gasteiger charge is 2.33. The van der Waals surface area contributed by atoms with Gasteiger partial charge in [-0.3, -0.25) is 4.79 Å². The van der Waals surface area contributed by atoms with Gasteiger partial charge in [0, 0.05) is 18.9 Å². The maximum atomic E-state index is 12.3. The number of hydrogen-bond acceptors (Lipinski definition) is 6. The number of carbonyl (C=O) groups excluding carboxylic acids is 1. The van der Waals surface area contributed by atoms with E-state index < -0.39 is 0 Å². The van der Waals surface area contributed by atoms with Gasteiger partial charge in [-0.2, -0.15) is 5.10 Å². The smallest absolute Gasteiger partial charge is 0.240 e. The number of nitrogens with zero attached hydrogens (tertiary/aromatic N) is 2. The van der Waals surface area contributed by atoms with E-state index in [0.717, 1.165) is 22.6 Å². The fraction of sp³-hybridized carbons (Fsp3) is 0.333. The molecule has 148 valence electrons. The molecule has 1 aliphatic heterocycles. The summed E-state index contributed by atoms with van der Waals surface area (Å²) in [5, 5.41) is 6.07. The first-order chi connectivity index (χ1) is 13.5. The van der Waals surface area contributed by atoms with Crippen molar-refractivity contribution >= 4 is 11.6 Å². The van der Waals surface area contributed by atoms with Gasteiger partial charge >= 0.3 is 0 Å². The summed E-state index contributed by atoms with van der Waals surface area (Å²) in [5.74, 6) is 2.18. The number of hydrazone groups is 1. The first kappa shape index (κ1) is 19.5. The molecule has 1 amide bonds. The molecule has 0 unspecified atom stereocenters. The van der Waals surface area contributed by atoms with Gasteiger partial charge in [0.1, 0.15) is 5.75 Å². The van der Waals surface area contributed by atoms with E-state index >= 15 is 0 Å². The summed E-state index contributed by atoms with van der Waals surface area (Å²) in [4.78, 5) is 12.3. The second kappa shape index (κ2) is 8.21. The van der Waals surface area contributed by atoms with Crippen LogP contribution in [0.3, 0.4) is 0 Å². The highest BCUT2D eigenvalue weighted by Crippen LogP contribution is 2.43. The van der Waals surface area contributed by atoms with Crippen molar-refractivity contribution < 1.29 is 23.7 Å². The van der Waals surface area contributed by atoms with E-state index in [1.165, 1.54) is 11.9 Å². The summed E-state index contributed by atoms with van der Waals surface area (Å²) in [6.07, 6.45) is 0.561. The van der Waals surface area contributed by atoms with E-state index in [0.29, 0.717) is 23.7 Å². The molecule has 0 aliphatic carbocycles. The van der Waals surface area contributed by atoms with Crippen LogP contribution in [0.4, 0.5) is 0 Å². The van der Waals surface area contributed by atoms with Gasteiger partial charge < -0.3 is 18.9 Å². The van der Waals surface area contributed by atoms with Gasteiger partial charge in [0.25, 0.3) is 0 Å². The summed E-state index contributed by atoms with van der Waals surface area (Å²) in [7, 11) is 6.31. The topological polar surface area (TPSA) is 69.6 Å². The molecule has 0 saturated heterocycles. The Morgan fingerprint density at radius 3 is 2.21 bits per heavy atom. The summed E-state index contributed by atoms with van der Waals surface area (Å²) in [5.41, 5.74) is 2.58. The van der Waals surface area contributed by atoms with E-state index in [4.69, 9.17) is 18.9 Å². The van der Waals surface area contributed by atoms with Crippen LogP contribution in [0.5, 0.6) is 23.0 Å². The van der Waals surface area contributed by atoms with Crippen molar-refractivity contribution in [2.24, 2.45) is 5.10 Å². The van der Waals surface area contributed by atoms with Crippen molar-refractivity contribution in [2.45, 2.75) is 19.4 Å². The molecule has 28 heavy (non-hydrogen) atoms. The minimum Gasteiger partial charge on any atom is -0.497 e. The van der Waals surface area contributed by atoms with Gasteiger partial charge in [0.2, 0.25) is 11.7 Å². The van der Waals surface area contributed by atoms with Crippen molar-refractivity contribution in [1.29, 1.82) is 0 Å². The number of amides is 1. The largest absolute Gasteiger partial charge is 0.497 e. The Hall–Kier alpha value is -3.22. The van der Waals surface area contributed by atoms with Crippen LogP contribution in [0, 0.1) is 0 Å². The van der Waals surface area contributed by atoms with E-state index in [2.05, 4.69) is 5.10 Å². The predicted molar refractivity (Wildman–Crippen MR) is 106 cm³/mol. The van der Waals surface area contributed by atoms with Gasteiger partial charge in [-0.15, -0.1) is 0 Å². The second-order valence-electron chi connectivity index (χ2n) is 6.32. The molecule has 2 aromatic rings. The Bertz CT molecular complexity index is 884. The monoisotopic (exact) mass is 384 g/mol. The fourth-order valence-corrected chi connectivity index (χ4v) is 3.33. The number of benzene rings is 2. The number of methoxy groups -OCH3 is 4. The van der Waals surface area contributed by atoms with Crippen LogP contribution in [0.2, 0.25) is 0 Å². The van der Waals surface area contributed by atoms with Gasteiger partial charge in [-0.05, 0) is 29.8 Å². The predicted octanol–water partition coefficient (Wildman–Crippen LogP) is 3.42. The number of hydrogen-bond donors (Lipinski definition) is 0. The molecule has 0 N–H and O–H groups in total. The average molecular weight is 384 g/mol. The minimum absolute atomic E-state index is 0.142. The third-order valence-corrected chi connectivity index (χ3v) is 4.71. The quantitative estimate of drug-likeness (QED) is 0.763. The van der Waals surface area contributed by atoms with E-state index in [1.807, 2.05) is 36.4 Å². The highest BCUT2D eigenvalue weighted by atomic mass is 16.5. The lowest BCUT2D eigenvalue weighted by atomic mass is 9.97. The third kappa shape index (κ3) is 3.60. The maximum absolute atomic E-state index is 12.3. The molecule has 0 spiro atoms. The second-order valence-corrected chi connectivity index (χ2v) is 6.32. The minimum atomic E-state index is -0.271. The van der Waals surface area contributed by atoms with E-state index in [1.54, 1.807) is 28.4 Å². The van der Waals surface area contributed by atoms with Crippen LogP contribution in [-0.2, 0) is 4.79 Å². The molecule has 2 aromatic carbocycles. The van der Waals surface area contributed by atoms with Crippen molar-refractivity contribution in [3.63, 3.8) is 0 Å². The van der Waals surface area contributed by atoms with Crippen LogP contribution in [0.15, 0.2) is 41.5 Å². The van der Waals surface area contributed by atoms with Crippen LogP contribution in [0.25, 0.3) is 0 Å². The maximum Gasteiger partial charge on any atom is 0.240 e. The standard InChI is InChI=1S/C21H24N2O5/c1-13(24)23-18(12-17(22-23)14-7-6-8-16(9-14)25-2)15-10-19(26-3)21(28-5)20(11-15)27-4/h6-11,18H,12H2,1-5H3/t18-/m0/s1. The molecule has 0 fully saturated rings. The van der Waals surface area contributed by atoms with Gasteiger partial charge in [-0.1, -0.05) is 12.1 Å². The number of ether oxygens (including phenoxy) is 4. The molecule has 0 aromatic heterocycles. The molecular formula is C21H24N2O5. The molecule has 0 saturated carbocycles. The fourth-order valence-electron chi connectivity index (χ4n) is 3.33. The molecule has 1 atom stereocenters. The highest BCUT2D eigenvalue weighted by molar-refractivity contribution is 6.03. The van der Waals surface area contributed by atoms with Gasteiger partial charge in [0.15, 0.2) is 11.5 Å². The molecule has 7 heteroatoms. The normalized spacial score (nSPS) is 15.8. The Kier molecular flexibility index (Phi) is 5.73. The first-order valence-electron chi connectivity index (χ1n) is 8.84. The molecule has 0 radical (unpaired) electrons. The van der Waals surface area contributed by atoms with Crippen LogP contribution >= 0.6 is 0 Å². The van der Waals surface area contributed by atoms with Crippen molar-refractivity contribution in [2.75, 3.05) is 28.4 Å². The van der Waals surface area contributed by atoms with Crippen LogP contribution in [-0.4, -0.2) is 45.1 Å². The van der Waals surface area contributed by atoms with E-state index in [9.17, 15) is 4.79 Å². The first-order valence-corrected chi connectivity index (χ1v) is 8.84. The van der Waals surface area contributed by atoms with Crippen molar-refractivity contribution in [1.82, 2.24) is 5.01 Å². The Labute approximate surface area is 164 Å². The zero-order valence-corrected chi connectivity index (χ0v) is 16.7. The number of rotatable bonds is 6. The lowest BCUT2D eigenvalue weighted by molar-refractivity contribution is -0.130. The zero-order valence-electron chi connectivity index (χ0n) is 16.7. The average Bonchev–Trinajstić information content (AvgIpc) is 3.18. The molecular weight excluding hydrogens is 360 g/mol. The van der Waals surface area contributed by atoms with E-state index in [-0.39, 0.29) is 11.9 Å². The third-order valence-electron chi connectivity index (χ3n) is 4.71. The van der Waals surface area contributed by atoms with Crippen LogP contribution < -0.4 is 18.9 Å². The number of carbonyl (C=O) groups is 1. The van der Waals surface area contributed by atoms with Gasteiger partial charge in [-0.25, -0.2) is 5.01 Å². The lowest BCUT2D eigenvalue weighted by Gasteiger charge is -2.22. The summed E-state index contributed by atoms with van der Waals surface area (Å²) >= 11 is 0. The molecule has 1 aliphatic rings. The summed E-state index contributed by atoms with van der Waals surface area (Å²) in [6.45, 7) is 1.50. The van der Waals surface area contributed by atoms with Crippen molar-refractivity contribution in [3.8, 4) is 23.0 Å². The summed E-state index contributed by atoms with van der Waals surface area (Å²) in [6, 6.07) is 11.1. The SMILES string of the molecule is COc1cccc(C2=NN(C(C)=O)[C@H](c3cc(OC)c(OC)c(OC)c3)C2)c1. The zero-order chi connectivity index (χ0) is 20.3.